The van der Waals surface area contributed by atoms with Crippen LogP contribution in [0.3, 0.4) is 0 Å². The number of thioether (sulfide) groups is 1. The van der Waals surface area contributed by atoms with Gasteiger partial charge in [0.05, 0.1) is 24.8 Å². The maximum Gasteiger partial charge on any atom is 0.220 e. The van der Waals surface area contributed by atoms with Gasteiger partial charge in [-0.3, -0.25) is 9.69 Å². The van der Waals surface area contributed by atoms with E-state index in [-0.39, 0.29) is 11.9 Å². The van der Waals surface area contributed by atoms with Crippen molar-refractivity contribution in [2.75, 3.05) is 32.5 Å². The summed E-state index contributed by atoms with van der Waals surface area (Å²) in [5.41, 5.74) is 1.78. The number of amides is 1. The normalized spacial score (nSPS) is 15.2. The second-order valence-corrected chi connectivity index (χ2v) is 8.56. The molecule has 2 aromatic carbocycles. The molecule has 1 atom stereocenters. The predicted octanol–water partition coefficient (Wildman–Crippen LogP) is 4.39. The van der Waals surface area contributed by atoms with Crippen molar-refractivity contribution in [2.45, 2.75) is 36.6 Å². The van der Waals surface area contributed by atoms with Crippen LogP contribution < -0.4 is 10.1 Å². The van der Waals surface area contributed by atoms with E-state index < -0.39 is 0 Å². The third-order valence-corrected chi connectivity index (χ3v) is 6.42. The van der Waals surface area contributed by atoms with Gasteiger partial charge in [0.15, 0.2) is 0 Å². The molecule has 0 saturated carbocycles. The van der Waals surface area contributed by atoms with E-state index in [0.29, 0.717) is 24.3 Å². The summed E-state index contributed by atoms with van der Waals surface area (Å²) in [4.78, 5) is 16.0. The quantitative estimate of drug-likeness (QED) is 0.606. The van der Waals surface area contributed by atoms with Crippen molar-refractivity contribution in [1.82, 2.24) is 10.2 Å². The molecule has 1 unspecified atom stereocenters. The molecule has 158 valence electrons. The topological polar surface area (TPSA) is 65.4 Å². The number of benzene rings is 2. The number of nitrogens with zero attached hydrogens (tertiary/aromatic N) is 2. The monoisotopic (exact) mass is 423 g/mol. The zero-order valence-electron chi connectivity index (χ0n) is 17.5. The largest absolute Gasteiger partial charge is 0.496 e. The fourth-order valence-corrected chi connectivity index (χ4v) is 4.65. The number of methoxy groups -OCH3 is 1. The second kappa shape index (κ2) is 11.6. The van der Waals surface area contributed by atoms with Crippen LogP contribution in [0.5, 0.6) is 5.75 Å². The van der Waals surface area contributed by atoms with E-state index in [4.69, 9.17) is 10.00 Å². The minimum Gasteiger partial charge on any atom is -0.496 e. The average Bonchev–Trinajstić information content (AvgIpc) is 2.80. The average molecular weight is 424 g/mol. The van der Waals surface area contributed by atoms with Crippen molar-refractivity contribution in [2.24, 2.45) is 0 Å². The van der Waals surface area contributed by atoms with Crippen LogP contribution in [0.2, 0.25) is 0 Å². The van der Waals surface area contributed by atoms with Gasteiger partial charge in [-0.05, 0) is 56.3 Å². The number of hydrogen-bond donors (Lipinski definition) is 1. The van der Waals surface area contributed by atoms with Crippen LogP contribution in [0.1, 0.15) is 42.9 Å². The van der Waals surface area contributed by atoms with Gasteiger partial charge in [-0.2, -0.15) is 5.26 Å². The first-order valence-electron chi connectivity index (χ1n) is 10.5. The predicted molar refractivity (Wildman–Crippen MR) is 121 cm³/mol. The van der Waals surface area contributed by atoms with Gasteiger partial charge >= 0.3 is 0 Å². The Morgan fingerprint density at radius 2 is 1.90 bits per heavy atom. The second-order valence-electron chi connectivity index (χ2n) is 7.39. The van der Waals surface area contributed by atoms with Crippen molar-refractivity contribution >= 4 is 17.7 Å². The number of nitriles is 1. The van der Waals surface area contributed by atoms with Gasteiger partial charge in [0.2, 0.25) is 5.91 Å². The summed E-state index contributed by atoms with van der Waals surface area (Å²) in [5, 5.41) is 12.0. The van der Waals surface area contributed by atoms with Gasteiger partial charge in [-0.15, -0.1) is 11.8 Å². The zero-order chi connectivity index (χ0) is 21.2. The van der Waals surface area contributed by atoms with Gasteiger partial charge < -0.3 is 10.1 Å². The molecule has 0 aromatic heterocycles. The third kappa shape index (κ3) is 6.25. The molecule has 0 spiro atoms. The highest BCUT2D eigenvalue weighted by molar-refractivity contribution is 7.99. The molecule has 1 fully saturated rings. The van der Waals surface area contributed by atoms with Crippen molar-refractivity contribution in [3.8, 4) is 11.8 Å². The van der Waals surface area contributed by atoms with Crippen molar-refractivity contribution in [1.29, 1.82) is 5.26 Å². The number of carbonyl (C=O) groups excluding carboxylic acids is 1. The molecule has 5 nitrogen and oxygen atoms in total. The van der Waals surface area contributed by atoms with Crippen molar-refractivity contribution in [3.05, 3.63) is 59.7 Å². The summed E-state index contributed by atoms with van der Waals surface area (Å²) in [6.07, 6.45) is 4.12. The molecule has 0 aliphatic carbocycles. The third-order valence-electron chi connectivity index (χ3n) is 5.40. The highest BCUT2D eigenvalue weighted by atomic mass is 32.2. The van der Waals surface area contributed by atoms with Gasteiger partial charge in [0.1, 0.15) is 5.75 Å². The molecule has 1 aliphatic rings. The van der Waals surface area contributed by atoms with Crippen LogP contribution in [0.15, 0.2) is 53.4 Å². The fourth-order valence-electron chi connectivity index (χ4n) is 3.79. The summed E-state index contributed by atoms with van der Waals surface area (Å²) >= 11 is 1.63. The van der Waals surface area contributed by atoms with Crippen LogP contribution in [-0.2, 0) is 4.79 Å². The number of likely N-dealkylation sites (tertiary alicyclic amines) is 1. The Morgan fingerprint density at radius 3 is 2.60 bits per heavy atom. The molecule has 30 heavy (non-hydrogen) atoms. The van der Waals surface area contributed by atoms with E-state index in [1.165, 1.54) is 19.3 Å². The van der Waals surface area contributed by atoms with E-state index >= 15 is 0 Å². The molecule has 1 N–H and O–H groups in total. The number of nitrogens with one attached hydrogen (secondary N) is 1. The van der Waals surface area contributed by atoms with E-state index in [9.17, 15) is 4.79 Å². The summed E-state index contributed by atoms with van der Waals surface area (Å²) in [6, 6.07) is 17.8. The maximum atomic E-state index is 12.5. The highest BCUT2D eigenvalue weighted by Gasteiger charge is 2.25. The molecule has 3 rings (SSSR count). The van der Waals surface area contributed by atoms with Gasteiger partial charge in [0.25, 0.3) is 0 Å². The lowest BCUT2D eigenvalue weighted by molar-refractivity contribution is -0.121. The van der Waals surface area contributed by atoms with Crippen LogP contribution in [0, 0.1) is 11.3 Å². The molecule has 0 bridgehead atoms. The molecule has 1 heterocycles. The lowest BCUT2D eigenvalue weighted by atomic mass is 10.0. The molecular formula is C24H29N3O2S. The lowest BCUT2D eigenvalue weighted by Crippen LogP contribution is -2.40. The molecule has 2 aromatic rings. The number of ether oxygens (including phenoxy) is 1. The maximum absolute atomic E-state index is 12.5. The molecule has 6 heteroatoms. The highest BCUT2D eigenvalue weighted by Crippen LogP contribution is 2.31. The first-order valence-corrected chi connectivity index (χ1v) is 11.5. The zero-order valence-corrected chi connectivity index (χ0v) is 18.3. The van der Waals surface area contributed by atoms with Gasteiger partial charge in [-0.1, -0.05) is 24.6 Å². The summed E-state index contributed by atoms with van der Waals surface area (Å²) in [5.74, 6) is 1.65. The van der Waals surface area contributed by atoms with E-state index in [2.05, 4.69) is 22.4 Å². The summed E-state index contributed by atoms with van der Waals surface area (Å²) in [6.45, 7) is 2.68. The number of carbonyl (C=O) groups is 1. The van der Waals surface area contributed by atoms with E-state index in [1.807, 2.05) is 30.3 Å². The fraction of sp³-hybridized carbons (Fsp3) is 0.417. The van der Waals surface area contributed by atoms with Crippen LogP contribution in [0.4, 0.5) is 0 Å². The number of piperidine rings is 1. The van der Waals surface area contributed by atoms with E-state index in [0.717, 1.165) is 29.3 Å². The smallest absolute Gasteiger partial charge is 0.220 e. The molecule has 1 aliphatic heterocycles. The minimum atomic E-state index is 0.0630. The van der Waals surface area contributed by atoms with Crippen molar-refractivity contribution < 1.29 is 9.53 Å². The van der Waals surface area contributed by atoms with Crippen LogP contribution in [-0.4, -0.2) is 43.3 Å². The molecule has 1 amide bonds. The lowest BCUT2D eigenvalue weighted by Gasteiger charge is -2.35. The Morgan fingerprint density at radius 1 is 1.17 bits per heavy atom. The van der Waals surface area contributed by atoms with Gasteiger partial charge in [0, 0.05) is 29.2 Å². The minimum absolute atomic E-state index is 0.0630. The van der Waals surface area contributed by atoms with Crippen LogP contribution >= 0.6 is 11.8 Å². The van der Waals surface area contributed by atoms with E-state index in [1.54, 1.807) is 31.0 Å². The Labute approximate surface area is 183 Å². The Kier molecular flexibility index (Phi) is 8.61. The first-order chi connectivity index (χ1) is 14.7. The summed E-state index contributed by atoms with van der Waals surface area (Å²) in [7, 11) is 1.70. The Balaban J connectivity index is 1.55. The standard InChI is InChI=1S/C24H29N3O2S/c1-29-23-8-4-3-7-21(23)22(27-14-5-2-6-15-27)18-26-24(28)13-16-30-20-11-9-19(17-25)10-12-20/h3-4,7-12,22H,2,5-6,13-16,18H2,1H3,(H,26,28). The number of hydrogen-bond acceptors (Lipinski definition) is 5. The van der Waals surface area contributed by atoms with Crippen molar-refractivity contribution in [3.63, 3.8) is 0 Å². The molecule has 1 saturated heterocycles. The number of para-hydroxylation sites is 1. The summed E-state index contributed by atoms with van der Waals surface area (Å²) < 4.78 is 5.59. The SMILES string of the molecule is COc1ccccc1C(CNC(=O)CCSc1ccc(C#N)cc1)N1CCCCC1. The Hall–Kier alpha value is -2.49. The van der Waals surface area contributed by atoms with Gasteiger partial charge in [-0.25, -0.2) is 0 Å². The Bertz CT molecular complexity index is 857. The first kappa shape index (κ1) is 22.2. The molecule has 0 radical (unpaired) electrons. The molecular weight excluding hydrogens is 394 g/mol. The number of rotatable bonds is 9. The van der Waals surface area contributed by atoms with Crippen LogP contribution in [0.25, 0.3) is 0 Å².